The molecule has 64 valence electrons. The van der Waals surface area contributed by atoms with Gasteiger partial charge in [-0.05, 0) is 30.2 Å². The second-order valence-corrected chi connectivity index (χ2v) is 2.80. The van der Waals surface area contributed by atoms with E-state index in [1.165, 1.54) is 6.07 Å². The van der Waals surface area contributed by atoms with Crippen molar-refractivity contribution in [3.8, 4) is 12.3 Å². The number of rotatable bonds is 1. The molecule has 0 saturated heterocycles. The molecule has 0 bridgehead atoms. The molecule has 0 spiro atoms. The molecule has 0 radical (unpaired) electrons. The van der Waals surface area contributed by atoms with E-state index >= 15 is 0 Å². The van der Waals surface area contributed by atoms with Crippen LogP contribution in [0.15, 0.2) is 35.6 Å². The highest BCUT2D eigenvalue weighted by Crippen LogP contribution is 2.09. The van der Waals surface area contributed by atoms with Crippen LogP contribution in [-0.2, 0) is 0 Å². The van der Waals surface area contributed by atoms with Crippen LogP contribution in [-0.4, -0.2) is 0 Å². The van der Waals surface area contributed by atoms with Crippen LogP contribution in [0.1, 0.15) is 11.1 Å². The van der Waals surface area contributed by atoms with Crippen LogP contribution in [0.3, 0.4) is 0 Å². The van der Waals surface area contributed by atoms with E-state index in [1.807, 2.05) is 0 Å². The maximum absolute atomic E-state index is 11.2. The molecule has 0 saturated carbocycles. The Morgan fingerprint density at radius 3 is 2.85 bits per heavy atom. The molecule has 0 aliphatic heterocycles. The minimum atomic E-state index is 0.0103. The summed E-state index contributed by atoms with van der Waals surface area (Å²) in [7, 11) is 0. The molecule has 0 aliphatic rings. The zero-order chi connectivity index (χ0) is 9.84. The van der Waals surface area contributed by atoms with Crippen LogP contribution >= 0.6 is 0 Å². The average molecular weight is 170 g/mol. The first kappa shape index (κ1) is 9.28. The first-order valence-corrected chi connectivity index (χ1v) is 3.92. The third-order valence-corrected chi connectivity index (χ3v) is 1.81. The van der Waals surface area contributed by atoms with Crippen molar-refractivity contribution in [2.45, 2.75) is 6.92 Å². The molecule has 0 N–H and O–H groups in total. The van der Waals surface area contributed by atoms with Gasteiger partial charge in [0.2, 0.25) is 0 Å². The third-order valence-electron chi connectivity index (χ3n) is 1.81. The van der Waals surface area contributed by atoms with Gasteiger partial charge in [-0.3, -0.25) is 4.79 Å². The van der Waals surface area contributed by atoms with Gasteiger partial charge in [0.1, 0.15) is 0 Å². The number of aryl methyl sites for hydroxylation is 1. The predicted molar refractivity (Wildman–Crippen MR) is 55.3 cm³/mol. The topological polar surface area (TPSA) is 17.1 Å². The smallest absolute Gasteiger partial charge is 0.181 e. The Labute approximate surface area is 77.7 Å². The fourth-order valence-corrected chi connectivity index (χ4v) is 0.994. The molecule has 0 aromatic heterocycles. The van der Waals surface area contributed by atoms with Crippen molar-refractivity contribution in [3.63, 3.8) is 0 Å². The summed E-state index contributed by atoms with van der Waals surface area (Å²) in [6.45, 7) is 5.46. The summed E-state index contributed by atoms with van der Waals surface area (Å²) in [5.41, 5.74) is 2.10. The van der Waals surface area contributed by atoms with Gasteiger partial charge in [-0.25, -0.2) is 0 Å². The van der Waals surface area contributed by atoms with E-state index in [1.54, 1.807) is 25.1 Å². The third kappa shape index (κ3) is 2.07. The Bertz CT molecular complexity index is 436. The van der Waals surface area contributed by atoms with Crippen LogP contribution < -0.4 is 5.43 Å². The van der Waals surface area contributed by atoms with Crippen molar-refractivity contribution in [2.24, 2.45) is 0 Å². The van der Waals surface area contributed by atoms with Crippen LogP contribution in [0.4, 0.5) is 0 Å². The highest BCUT2D eigenvalue weighted by atomic mass is 16.1. The molecule has 13 heavy (non-hydrogen) atoms. The molecule has 0 heterocycles. The monoisotopic (exact) mass is 170 g/mol. The molecule has 1 aromatic rings. The van der Waals surface area contributed by atoms with E-state index in [2.05, 4.69) is 12.5 Å². The van der Waals surface area contributed by atoms with Crippen LogP contribution in [0, 0.1) is 19.3 Å². The highest BCUT2D eigenvalue weighted by Gasteiger charge is 1.95. The zero-order valence-corrected chi connectivity index (χ0v) is 7.50. The number of terminal acetylenes is 1. The molecular weight excluding hydrogens is 160 g/mol. The van der Waals surface area contributed by atoms with E-state index in [-0.39, 0.29) is 5.43 Å². The second kappa shape index (κ2) is 3.73. The number of allylic oxidation sites excluding steroid dienone is 1. The van der Waals surface area contributed by atoms with E-state index in [4.69, 9.17) is 6.42 Å². The average Bonchev–Trinajstić information content (AvgIpc) is 2.28. The Kier molecular flexibility index (Phi) is 2.66. The van der Waals surface area contributed by atoms with Gasteiger partial charge in [-0.1, -0.05) is 24.6 Å². The molecular formula is C12H10O. The first-order chi connectivity index (χ1) is 6.15. The largest absolute Gasteiger partial charge is 0.290 e. The van der Waals surface area contributed by atoms with Crippen molar-refractivity contribution in [1.29, 1.82) is 0 Å². The van der Waals surface area contributed by atoms with E-state index < -0.39 is 0 Å². The van der Waals surface area contributed by atoms with Gasteiger partial charge in [0, 0.05) is 5.57 Å². The molecule has 0 aliphatic carbocycles. The second-order valence-electron chi connectivity index (χ2n) is 2.80. The van der Waals surface area contributed by atoms with Gasteiger partial charge in [0.15, 0.2) is 5.43 Å². The highest BCUT2D eigenvalue weighted by molar-refractivity contribution is 5.76. The standard InChI is InChI=1S/C12H10O/c1-4-9(2)11-6-5-7-12(13)10(3)8-11/h1,5-8H,2H2,3H3. The lowest BCUT2D eigenvalue weighted by atomic mass is 10.1. The summed E-state index contributed by atoms with van der Waals surface area (Å²) in [6, 6.07) is 6.75. The molecule has 1 rings (SSSR count). The maximum Gasteiger partial charge on any atom is 0.181 e. The lowest BCUT2D eigenvalue weighted by molar-refractivity contribution is 1.43. The van der Waals surface area contributed by atoms with Gasteiger partial charge in [0.25, 0.3) is 0 Å². The maximum atomic E-state index is 11.2. The lowest BCUT2D eigenvalue weighted by Crippen LogP contribution is -1.97. The normalized spacial score (nSPS) is 8.92. The summed E-state index contributed by atoms with van der Waals surface area (Å²) in [6.07, 6.45) is 5.21. The minimum Gasteiger partial charge on any atom is -0.290 e. The molecule has 0 atom stereocenters. The summed E-state index contributed by atoms with van der Waals surface area (Å²) in [5.74, 6) is 2.45. The van der Waals surface area contributed by atoms with Crippen LogP contribution in [0.2, 0.25) is 0 Å². The molecule has 0 fully saturated rings. The van der Waals surface area contributed by atoms with Gasteiger partial charge >= 0.3 is 0 Å². The first-order valence-electron chi connectivity index (χ1n) is 3.92. The minimum absolute atomic E-state index is 0.0103. The Morgan fingerprint density at radius 1 is 1.54 bits per heavy atom. The van der Waals surface area contributed by atoms with Crippen LogP contribution in [0.25, 0.3) is 5.57 Å². The summed E-state index contributed by atoms with van der Waals surface area (Å²) in [4.78, 5) is 11.2. The van der Waals surface area contributed by atoms with E-state index in [9.17, 15) is 4.79 Å². The summed E-state index contributed by atoms with van der Waals surface area (Å²) < 4.78 is 0. The molecule has 1 nitrogen and oxygen atoms in total. The van der Waals surface area contributed by atoms with Crippen molar-refractivity contribution < 1.29 is 0 Å². The molecule has 1 heteroatoms. The fourth-order valence-electron chi connectivity index (χ4n) is 0.994. The Hall–Kier alpha value is -1.81. The van der Waals surface area contributed by atoms with Gasteiger partial charge in [0.05, 0.1) is 0 Å². The molecule has 0 amide bonds. The number of hydrogen-bond acceptors (Lipinski definition) is 1. The van der Waals surface area contributed by atoms with Crippen molar-refractivity contribution in [1.82, 2.24) is 0 Å². The SMILES string of the molecule is C#CC(=C)c1cccc(=O)c(C)c1. The van der Waals surface area contributed by atoms with Gasteiger partial charge in [-0.2, -0.15) is 0 Å². The van der Waals surface area contributed by atoms with Gasteiger partial charge < -0.3 is 0 Å². The van der Waals surface area contributed by atoms with Crippen molar-refractivity contribution >= 4 is 5.57 Å². The number of hydrogen-bond donors (Lipinski definition) is 0. The molecule has 0 unspecified atom stereocenters. The van der Waals surface area contributed by atoms with Gasteiger partial charge in [-0.15, -0.1) is 6.42 Å². The predicted octanol–water partition coefficient (Wildman–Crippen LogP) is 2.00. The van der Waals surface area contributed by atoms with Crippen molar-refractivity contribution in [2.75, 3.05) is 0 Å². The summed E-state index contributed by atoms with van der Waals surface area (Å²) in [5, 5.41) is 0. The quantitative estimate of drug-likeness (QED) is 0.589. The van der Waals surface area contributed by atoms with Crippen molar-refractivity contribution in [3.05, 3.63) is 52.2 Å². The summed E-state index contributed by atoms with van der Waals surface area (Å²) >= 11 is 0. The Morgan fingerprint density at radius 2 is 2.23 bits per heavy atom. The molecule has 1 aromatic carbocycles. The Balaban J connectivity index is 3.39. The zero-order valence-electron chi connectivity index (χ0n) is 7.50. The van der Waals surface area contributed by atoms with Crippen LogP contribution in [0.5, 0.6) is 0 Å². The fraction of sp³-hybridized carbons (Fsp3) is 0.0833. The van der Waals surface area contributed by atoms with E-state index in [0.29, 0.717) is 11.1 Å². The van der Waals surface area contributed by atoms with E-state index in [0.717, 1.165) is 5.56 Å². The lowest BCUT2D eigenvalue weighted by Gasteiger charge is -1.92.